The molecule has 0 saturated carbocycles. The van der Waals surface area contributed by atoms with Crippen LogP contribution in [0.4, 0.5) is 0 Å². The third kappa shape index (κ3) is 11.9. The number of nitrogens with two attached hydrogens (primary N) is 4. The molecule has 0 heterocycles. The van der Waals surface area contributed by atoms with Crippen molar-refractivity contribution in [2.45, 2.75) is 51.4 Å². The molecule has 0 spiro atoms. The van der Waals surface area contributed by atoms with Gasteiger partial charge in [-0.05, 0) is 38.8 Å². The number of rotatable bonds is 12. The third-order valence-corrected chi connectivity index (χ3v) is 3.05. The van der Waals surface area contributed by atoms with Crippen molar-refractivity contribution in [3.8, 4) is 0 Å². The zero-order valence-corrected chi connectivity index (χ0v) is 12.7. The molecule has 0 aromatic heterocycles. The van der Waals surface area contributed by atoms with Gasteiger partial charge in [-0.25, -0.2) is 0 Å². The van der Waals surface area contributed by atoms with Crippen molar-refractivity contribution in [1.29, 1.82) is 0 Å². The number of aliphatic imine (C=N–C) groups is 2. The molecule has 118 valence electrons. The highest BCUT2D eigenvalue weighted by molar-refractivity contribution is 6.39. The summed E-state index contributed by atoms with van der Waals surface area (Å²) < 4.78 is 0. The second-order valence-electron chi connectivity index (χ2n) is 4.94. The Morgan fingerprint density at radius 2 is 0.900 bits per heavy atom. The number of nitrogens with zero attached hydrogens (tertiary/aromatic N) is 2. The van der Waals surface area contributed by atoms with Gasteiger partial charge in [0.1, 0.15) is 0 Å². The zero-order valence-electron chi connectivity index (χ0n) is 12.7. The first-order valence-electron chi connectivity index (χ1n) is 7.72. The first kappa shape index (κ1) is 18.9. The van der Waals surface area contributed by atoms with Crippen molar-refractivity contribution in [2.24, 2.45) is 32.9 Å². The molecule has 0 aliphatic rings. The van der Waals surface area contributed by atoms with Gasteiger partial charge < -0.3 is 22.9 Å². The molecule has 0 aromatic carbocycles. The minimum atomic E-state index is 0.366. The Hall–Kier alpha value is -1.14. The van der Waals surface area contributed by atoms with Crippen LogP contribution in [0.15, 0.2) is 9.98 Å². The first-order chi connectivity index (χ1) is 9.72. The summed E-state index contributed by atoms with van der Waals surface area (Å²) >= 11 is 0. The van der Waals surface area contributed by atoms with Crippen molar-refractivity contribution in [3.63, 3.8) is 0 Å². The second kappa shape index (κ2) is 14.3. The predicted molar refractivity (Wildman–Crippen MR) is 88.0 cm³/mol. The van der Waals surface area contributed by atoms with E-state index < -0.39 is 0 Å². The molecule has 0 aliphatic carbocycles. The second-order valence-corrected chi connectivity index (χ2v) is 4.94. The summed E-state index contributed by atoms with van der Waals surface area (Å²) in [5.41, 5.74) is 22.4. The standard InChI is InChI=1S/C14H32N6/c15-9-5-1-3-7-11-19-13(17)14(18)20-12-8-4-2-6-10-16/h1-12,15-16H2,(H2,17,19)(H2,18,20). The van der Waals surface area contributed by atoms with Crippen LogP contribution in [0.5, 0.6) is 0 Å². The van der Waals surface area contributed by atoms with Crippen molar-refractivity contribution < 1.29 is 0 Å². The van der Waals surface area contributed by atoms with Gasteiger partial charge in [0.2, 0.25) is 0 Å². The molecule has 20 heavy (non-hydrogen) atoms. The minimum Gasteiger partial charge on any atom is -0.381 e. The van der Waals surface area contributed by atoms with Gasteiger partial charge in [0, 0.05) is 13.1 Å². The lowest BCUT2D eigenvalue weighted by Crippen LogP contribution is -2.32. The Balaban J connectivity index is 3.68. The monoisotopic (exact) mass is 284 g/mol. The molecule has 0 unspecified atom stereocenters. The Kier molecular flexibility index (Phi) is 13.5. The molecule has 0 amide bonds. The maximum atomic E-state index is 5.78. The number of hydrogen-bond donors (Lipinski definition) is 4. The van der Waals surface area contributed by atoms with Crippen LogP contribution in [0.25, 0.3) is 0 Å². The van der Waals surface area contributed by atoms with Crippen LogP contribution in [0.3, 0.4) is 0 Å². The van der Waals surface area contributed by atoms with Crippen LogP contribution >= 0.6 is 0 Å². The zero-order chi connectivity index (χ0) is 15.1. The SMILES string of the molecule is NCCCCCCN=C(N)C(N)=NCCCCCCN. The molecule has 0 fully saturated rings. The molecule has 0 rings (SSSR count). The lowest BCUT2D eigenvalue weighted by molar-refractivity contribution is 0.652. The van der Waals surface area contributed by atoms with Crippen molar-refractivity contribution in [3.05, 3.63) is 0 Å². The topological polar surface area (TPSA) is 129 Å². The van der Waals surface area contributed by atoms with E-state index in [-0.39, 0.29) is 0 Å². The fraction of sp³-hybridized carbons (Fsp3) is 0.857. The van der Waals surface area contributed by atoms with Crippen LogP contribution in [0.2, 0.25) is 0 Å². The van der Waals surface area contributed by atoms with Crippen molar-refractivity contribution in [1.82, 2.24) is 0 Å². The van der Waals surface area contributed by atoms with Crippen molar-refractivity contribution in [2.75, 3.05) is 26.2 Å². The Labute approximate surface area is 123 Å². The van der Waals surface area contributed by atoms with E-state index in [1.54, 1.807) is 0 Å². The summed E-state index contributed by atoms with van der Waals surface area (Å²) in [6, 6.07) is 0. The highest BCUT2D eigenvalue weighted by Crippen LogP contribution is 1.99. The van der Waals surface area contributed by atoms with E-state index in [1.807, 2.05) is 0 Å². The Morgan fingerprint density at radius 1 is 0.550 bits per heavy atom. The largest absolute Gasteiger partial charge is 0.381 e. The Morgan fingerprint density at radius 3 is 1.25 bits per heavy atom. The highest BCUT2D eigenvalue weighted by atomic mass is 15.0. The van der Waals surface area contributed by atoms with Crippen molar-refractivity contribution >= 4 is 11.7 Å². The number of amidine groups is 2. The number of hydrogen-bond acceptors (Lipinski definition) is 4. The van der Waals surface area contributed by atoms with Crippen LogP contribution < -0.4 is 22.9 Å². The van der Waals surface area contributed by atoms with Crippen LogP contribution in [0.1, 0.15) is 51.4 Å². The van der Waals surface area contributed by atoms with Gasteiger partial charge >= 0.3 is 0 Å². The quantitative estimate of drug-likeness (QED) is 0.239. The average Bonchev–Trinajstić information content (AvgIpc) is 2.45. The molecule has 0 saturated heterocycles. The predicted octanol–water partition coefficient (Wildman–Crippen LogP) is 0.739. The molecule has 0 radical (unpaired) electrons. The van der Waals surface area contributed by atoms with Gasteiger partial charge in [-0.2, -0.15) is 0 Å². The third-order valence-electron chi connectivity index (χ3n) is 3.05. The van der Waals surface area contributed by atoms with Gasteiger partial charge in [0.05, 0.1) is 0 Å². The van der Waals surface area contributed by atoms with E-state index in [4.69, 9.17) is 22.9 Å². The molecule has 0 atom stereocenters. The van der Waals surface area contributed by atoms with Gasteiger partial charge in [-0.3, -0.25) is 9.98 Å². The summed E-state index contributed by atoms with van der Waals surface area (Å²) in [5.74, 6) is 0.733. The van der Waals surface area contributed by atoms with E-state index in [0.717, 1.165) is 64.5 Å². The van der Waals surface area contributed by atoms with E-state index in [2.05, 4.69) is 9.98 Å². The Bertz CT molecular complexity index is 247. The molecule has 0 bridgehead atoms. The highest BCUT2D eigenvalue weighted by Gasteiger charge is 1.98. The minimum absolute atomic E-state index is 0.366. The van der Waals surface area contributed by atoms with Crippen LogP contribution in [-0.2, 0) is 0 Å². The molecular formula is C14H32N6. The number of unbranched alkanes of at least 4 members (excludes halogenated alkanes) is 6. The molecule has 0 aliphatic heterocycles. The first-order valence-corrected chi connectivity index (χ1v) is 7.72. The summed E-state index contributed by atoms with van der Waals surface area (Å²) in [5, 5.41) is 0. The van der Waals surface area contributed by atoms with Crippen LogP contribution in [-0.4, -0.2) is 37.9 Å². The molecule has 0 aromatic rings. The van der Waals surface area contributed by atoms with Gasteiger partial charge in [0.25, 0.3) is 0 Å². The molecule has 6 nitrogen and oxygen atoms in total. The van der Waals surface area contributed by atoms with Crippen LogP contribution in [0, 0.1) is 0 Å². The fourth-order valence-electron chi connectivity index (χ4n) is 1.78. The molecular weight excluding hydrogens is 252 g/mol. The van der Waals surface area contributed by atoms with Gasteiger partial charge in [-0.15, -0.1) is 0 Å². The maximum Gasteiger partial charge on any atom is 0.161 e. The van der Waals surface area contributed by atoms with E-state index in [0.29, 0.717) is 24.8 Å². The van der Waals surface area contributed by atoms with Gasteiger partial charge in [-0.1, -0.05) is 25.7 Å². The molecule has 6 heteroatoms. The smallest absolute Gasteiger partial charge is 0.161 e. The maximum absolute atomic E-state index is 5.78. The van der Waals surface area contributed by atoms with E-state index in [9.17, 15) is 0 Å². The molecule has 8 N–H and O–H groups in total. The van der Waals surface area contributed by atoms with E-state index >= 15 is 0 Å². The summed E-state index contributed by atoms with van der Waals surface area (Å²) in [4.78, 5) is 8.48. The normalized spacial score (nSPS) is 12.9. The lowest BCUT2D eigenvalue weighted by Gasteiger charge is -2.02. The van der Waals surface area contributed by atoms with E-state index in [1.165, 1.54) is 0 Å². The summed E-state index contributed by atoms with van der Waals surface area (Å²) in [6.45, 7) is 2.94. The summed E-state index contributed by atoms with van der Waals surface area (Å²) in [7, 11) is 0. The lowest BCUT2D eigenvalue weighted by atomic mass is 10.2. The fourth-order valence-corrected chi connectivity index (χ4v) is 1.78. The average molecular weight is 284 g/mol. The van der Waals surface area contributed by atoms with Gasteiger partial charge in [0.15, 0.2) is 11.7 Å². The summed E-state index contributed by atoms with van der Waals surface area (Å²) in [6.07, 6.45) is 8.76.